The Morgan fingerprint density at radius 1 is 1.21 bits per heavy atom. The lowest BCUT2D eigenvalue weighted by Gasteiger charge is -2.25. The predicted octanol–water partition coefficient (Wildman–Crippen LogP) is 3.07. The molecule has 1 aliphatic rings. The molecule has 1 aromatic heterocycles. The van der Waals surface area contributed by atoms with Gasteiger partial charge in [-0.15, -0.1) is 0 Å². The van der Waals surface area contributed by atoms with E-state index in [2.05, 4.69) is 34.8 Å². The maximum atomic E-state index is 12.6. The van der Waals surface area contributed by atoms with Crippen LogP contribution in [0.5, 0.6) is 0 Å². The molecule has 2 atom stereocenters. The van der Waals surface area contributed by atoms with Crippen molar-refractivity contribution in [1.82, 2.24) is 20.4 Å². The number of nitrogens with zero attached hydrogens (tertiary/aromatic N) is 2. The zero-order valence-corrected chi connectivity index (χ0v) is 17.9. The highest BCUT2D eigenvalue weighted by molar-refractivity contribution is 5.95. The Morgan fingerprint density at radius 3 is 2.59 bits per heavy atom. The first-order valence-electron chi connectivity index (χ1n) is 10.6. The molecule has 0 bridgehead atoms. The Hall–Kier alpha value is -2.63. The van der Waals surface area contributed by atoms with Gasteiger partial charge in [0.25, 0.3) is 5.91 Å². The number of amides is 2. The number of aromatic nitrogens is 2. The van der Waals surface area contributed by atoms with Crippen LogP contribution >= 0.6 is 0 Å². The lowest BCUT2D eigenvalue weighted by atomic mass is 9.93. The van der Waals surface area contributed by atoms with Gasteiger partial charge < -0.3 is 10.6 Å². The minimum Gasteiger partial charge on any atom is -0.355 e. The van der Waals surface area contributed by atoms with Gasteiger partial charge in [0.15, 0.2) is 0 Å². The second-order valence-electron chi connectivity index (χ2n) is 8.28. The van der Waals surface area contributed by atoms with Gasteiger partial charge in [0, 0.05) is 19.1 Å². The van der Waals surface area contributed by atoms with Crippen molar-refractivity contribution >= 4 is 11.8 Å². The summed E-state index contributed by atoms with van der Waals surface area (Å²) in [6.07, 6.45) is 4.35. The van der Waals surface area contributed by atoms with Gasteiger partial charge in [-0.3, -0.25) is 14.3 Å². The third kappa shape index (κ3) is 5.05. The molecule has 0 aliphatic carbocycles. The van der Waals surface area contributed by atoms with Crippen LogP contribution in [0.2, 0.25) is 0 Å². The summed E-state index contributed by atoms with van der Waals surface area (Å²) >= 11 is 0. The monoisotopic (exact) mass is 396 g/mol. The third-order valence-electron chi connectivity index (χ3n) is 5.69. The maximum Gasteiger partial charge on any atom is 0.254 e. The van der Waals surface area contributed by atoms with Crippen LogP contribution in [-0.4, -0.2) is 34.2 Å². The summed E-state index contributed by atoms with van der Waals surface area (Å²) in [6.45, 7) is 9.36. The van der Waals surface area contributed by atoms with Gasteiger partial charge in [-0.2, -0.15) is 5.10 Å². The molecule has 0 unspecified atom stereocenters. The Morgan fingerprint density at radius 2 is 1.93 bits per heavy atom. The Kier molecular flexibility index (Phi) is 6.72. The first-order chi connectivity index (χ1) is 13.9. The number of hydrogen-bond donors (Lipinski definition) is 2. The summed E-state index contributed by atoms with van der Waals surface area (Å²) in [7, 11) is 0. The third-order valence-corrected chi connectivity index (χ3v) is 5.69. The van der Waals surface area contributed by atoms with Crippen LogP contribution < -0.4 is 10.6 Å². The zero-order valence-electron chi connectivity index (χ0n) is 17.9. The molecule has 6 nitrogen and oxygen atoms in total. The Labute approximate surface area is 173 Å². The first-order valence-corrected chi connectivity index (χ1v) is 10.6. The minimum atomic E-state index is -0.178. The summed E-state index contributed by atoms with van der Waals surface area (Å²) in [5.74, 6) is 0.104. The molecule has 2 aromatic rings. The number of hydrogen-bond acceptors (Lipinski definition) is 3. The first kappa shape index (κ1) is 21.1. The average Bonchev–Trinajstić information content (AvgIpc) is 3.14. The number of nitrogens with one attached hydrogen (secondary N) is 2. The number of carbonyl (C=O) groups is 2. The fourth-order valence-corrected chi connectivity index (χ4v) is 3.79. The standard InChI is InChI=1S/C23H32N4O2/c1-5-17-6-8-19(9-7-17)16(4)22(28)24-13-18-10-11-27-21(12-18)20(14-25-27)23(29)26-15(2)3/h6-9,14-16,18H,5,10-13H2,1-4H3,(H,24,28)(H,26,29)/t16-,18+/m0/s1. The molecule has 6 heteroatoms. The van der Waals surface area contributed by atoms with E-state index in [-0.39, 0.29) is 23.8 Å². The Bertz CT molecular complexity index is 854. The van der Waals surface area contributed by atoms with Gasteiger partial charge in [0.05, 0.1) is 23.4 Å². The van der Waals surface area contributed by atoms with E-state index < -0.39 is 0 Å². The summed E-state index contributed by atoms with van der Waals surface area (Å²) in [5.41, 5.74) is 3.93. The molecule has 1 aliphatic heterocycles. The molecular formula is C23H32N4O2. The van der Waals surface area contributed by atoms with E-state index in [1.165, 1.54) is 5.56 Å². The highest BCUT2D eigenvalue weighted by Gasteiger charge is 2.26. The van der Waals surface area contributed by atoms with E-state index in [0.717, 1.165) is 37.1 Å². The molecule has 156 valence electrons. The SMILES string of the molecule is CCc1ccc([C@H](C)C(=O)NC[C@@H]2CCn3ncc(C(=O)NC(C)C)c3C2)cc1. The van der Waals surface area contributed by atoms with Crippen LogP contribution in [0.3, 0.4) is 0 Å². The number of fused-ring (bicyclic) bond motifs is 1. The van der Waals surface area contributed by atoms with Crippen LogP contribution in [0.15, 0.2) is 30.5 Å². The molecule has 0 saturated heterocycles. The minimum absolute atomic E-state index is 0.0473. The van der Waals surface area contributed by atoms with Crippen molar-refractivity contribution in [3.8, 4) is 0 Å². The lowest BCUT2D eigenvalue weighted by Crippen LogP contribution is -2.36. The quantitative estimate of drug-likeness (QED) is 0.755. The molecule has 0 saturated carbocycles. The van der Waals surface area contributed by atoms with Crippen molar-refractivity contribution in [1.29, 1.82) is 0 Å². The molecule has 3 rings (SSSR count). The van der Waals surface area contributed by atoms with Crippen LogP contribution in [0, 0.1) is 5.92 Å². The summed E-state index contributed by atoms with van der Waals surface area (Å²) in [6, 6.07) is 8.35. The van der Waals surface area contributed by atoms with Gasteiger partial charge >= 0.3 is 0 Å². The molecule has 2 N–H and O–H groups in total. The molecule has 29 heavy (non-hydrogen) atoms. The van der Waals surface area contributed by atoms with Crippen LogP contribution in [0.1, 0.15) is 67.2 Å². The summed E-state index contributed by atoms with van der Waals surface area (Å²) < 4.78 is 1.92. The molecular weight excluding hydrogens is 364 g/mol. The van der Waals surface area contributed by atoms with E-state index in [9.17, 15) is 9.59 Å². The highest BCUT2D eigenvalue weighted by Crippen LogP contribution is 2.23. The van der Waals surface area contributed by atoms with E-state index in [0.29, 0.717) is 18.0 Å². The molecule has 2 amide bonds. The molecule has 2 heterocycles. The fourth-order valence-electron chi connectivity index (χ4n) is 3.79. The lowest BCUT2D eigenvalue weighted by molar-refractivity contribution is -0.122. The van der Waals surface area contributed by atoms with Gasteiger partial charge in [0.2, 0.25) is 5.91 Å². The van der Waals surface area contributed by atoms with Crippen LogP contribution in [-0.2, 0) is 24.2 Å². The van der Waals surface area contributed by atoms with Crippen molar-refractivity contribution in [2.45, 2.75) is 65.5 Å². The van der Waals surface area contributed by atoms with Crippen molar-refractivity contribution in [2.75, 3.05) is 6.54 Å². The van der Waals surface area contributed by atoms with Crippen molar-refractivity contribution in [2.24, 2.45) is 5.92 Å². The van der Waals surface area contributed by atoms with Crippen molar-refractivity contribution in [3.05, 3.63) is 52.8 Å². The topological polar surface area (TPSA) is 76.0 Å². The predicted molar refractivity (Wildman–Crippen MR) is 114 cm³/mol. The number of carbonyl (C=O) groups excluding carboxylic acids is 2. The zero-order chi connectivity index (χ0) is 21.0. The molecule has 0 spiro atoms. The molecule has 0 fully saturated rings. The number of aryl methyl sites for hydroxylation is 2. The van der Waals surface area contributed by atoms with E-state index in [1.807, 2.05) is 37.6 Å². The van der Waals surface area contributed by atoms with Crippen molar-refractivity contribution < 1.29 is 9.59 Å². The summed E-state index contributed by atoms with van der Waals surface area (Å²) in [4.78, 5) is 25.1. The van der Waals surface area contributed by atoms with Gasteiger partial charge in [0.1, 0.15) is 0 Å². The van der Waals surface area contributed by atoms with E-state index >= 15 is 0 Å². The van der Waals surface area contributed by atoms with Gasteiger partial charge in [-0.1, -0.05) is 31.2 Å². The van der Waals surface area contributed by atoms with Crippen LogP contribution in [0.25, 0.3) is 0 Å². The number of benzene rings is 1. The largest absolute Gasteiger partial charge is 0.355 e. The van der Waals surface area contributed by atoms with Gasteiger partial charge in [-0.05, 0) is 57.1 Å². The second-order valence-corrected chi connectivity index (χ2v) is 8.28. The summed E-state index contributed by atoms with van der Waals surface area (Å²) in [5, 5.41) is 10.4. The molecule has 1 aromatic carbocycles. The van der Waals surface area contributed by atoms with E-state index in [4.69, 9.17) is 0 Å². The van der Waals surface area contributed by atoms with Gasteiger partial charge in [-0.25, -0.2) is 0 Å². The maximum absolute atomic E-state index is 12.6. The second kappa shape index (κ2) is 9.25. The smallest absolute Gasteiger partial charge is 0.254 e. The van der Waals surface area contributed by atoms with E-state index in [1.54, 1.807) is 6.20 Å². The normalized spacial score (nSPS) is 16.9. The number of rotatable bonds is 7. The average molecular weight is 397 g/mol. The van der Waals surface area contributed by atoms with Crippen molar-refractivity contribution in [3.63, 3.8) is 0 Å². The fraction of sp³-hybridized carbons (Fsp3) is 0.522. The Balaban J connectivity index is 1.57. The van der Waals surface area contributed by atoms with Crippen LogP contribution in [0.4, 0.5) is 0 Å². The molecule has 0 radical (unpaired) electrons. The highest BCUT2D eigenvalue weighted by atomic mass is 16.2.